The van der Waals surface area contributed by atoms with E-state index in [4.69, 9.17) is 14.7 Å². The molecule has 0 aliphatic heterocycles. The van der Waals surface area contributed by atoms with Crippen LogP contribution in [0.15, 0.2) is 22.7 Å². The van der Waals surface area contributed by atoms with Crippen LogP contribution in [0.4, 0.5) is 0 Å². The molecule has 0 heterocycles. The van der Waals surface area contributed by atoms with Gasteiger partial charge in [0.25, 0.3) is 0 Å². The molecule has 0 aromatic heterocycles. The second-order valence-electron chi connectivity index (χ2n) is 3.82. The predicted molar refractivity (Wildman–Crippen MR) is 63.3 cm³/mol. The highest BCUT2D eigenvalue weighted by atomic mass is 79.9. The Morgan fingerprint density at radius 3 is 2.69 bits per heavy atom. The van der Waals surface area contributed by atoms with Gasteiger partial charge in [-0.25, -0.2) is 0 Å². The van der Waals surface area contributed by atoms with Crippen molar-refractivity contribution >= 4 is 15.9 Å². The van der Waals surface area contributed by atoms with Gasteiger partial charge in [0.1, 0.15) is 17.9 Å². The zero-order valence-corrected chi connectivity index (χ0v) is 10.5. The van der Waals surface area contributed by atoms with E-state index in [1.807, 2.05) is 12.1 Å². The number of methoxy groups -OCH3 is 1. The smallest absolute Gasteiger partial charge is 0.120 e. The maximum atomic E-state index is 8.78. The quantitative estimate of drug-likeness (QED) is 0.856. The van der Waals surface area contributed by atoms with Gasteiger partial charge in [0.2, 0.25) is 0 Å². The van der Waals surface area contributed by atoms with Crippen molar-refractivity contribution < 1.29 is 9.47 Å². The van der Waals surface area contributed by atoms with Crippen LogP contribution in [0.1, 0.15) is 18.4 Å². The molecule has 0 amide bonds. The number of nitriles is 1. The molecule has 2 rings (SSSR count). The lowest BCUT2D eigenvalue weighted by molar-refractivity contribution is -0.0381. The molecule has 4 heteroatoms. The van der Waals surface area contributed by atoms with Gasteiger partial charge >= 0.3 is 0 Å². The van der Waals surface area contributed by atoms with Crippen molar-refractivity contribution in [2.75, 3.05) is 7.11 Å². The number of halogens is 1. The Labute approximate surface area is 103 Å². The Morgan fingerprint density at radius 1 is 1.38 bits per heavy atom. The molecule has 0 saturated heterocycles. The van der Waals surface area contributed by atoms with Crippen molar-refractivity contribution in [1.29, 1.82) is 5.26 Å². The van der Waals surface area contributed by atoms with Crippen molar-refractivity contribution in [3.8, 4) is 11.8 Å². The van der Waals surface area contributed by atoms with Crippen LogP contribution >= 0.6 is 15.9 Å². The highest BCUT2D eigenvalue weighted by Gasteiger charge is 2.30. The van der Waals surface area contributed by atoms with Gasteiger partial charge in [0, 0.05) is 24.4 Å². The average Bonchev–Trinajstić information content (AvgIpc) is 2.23. The van der Waals surface area contributed by atoms with Crippen LogP contribution in [0.3, 0.4) is 0 Å². The Morgan fingerprint density at radius 2 is 2.12 bits per heavy atom. The summed E-state index contributed by atoms with van der Waals surface area (Å²) in [5.74, 6) is 0.797. The minimum Gasteiger partial charge on any atom is -0.490 e. The zero-order valence-electron chi connectivity index (χ0n) is 8.94. The Balaban J connectivity index is 1.96. The maximum absolute atomic E-state index is 8.78. The fraction of sp³-hybridized carbons (Fsp3) is 0.417. The lowest BCUT2D eigenvalue weighted by atomic mass is 9.92. The van der Waals surface area contributed by atoms with E-state index in [0.29, 0.717) is 11.7 Å². The lowest BCUT2D eigenvalue weighted by Crippen LogP contribution is -2.38. The van der Waals surface area contributed by atoms with Gasteiger partial charge in [0.05, 0.1) is 11.7 Å². The van der Waals surface area contributed by atoms with Crippen molar-refractivity contribution in [3.63, 3.8) is 0 Å². The van der Waals surface area contributed by atoms with Crippen LogP contribution < -0.4 is 4.74 Å². The van der Waals surface area contributed by atoms with Crippen LogP contribution in [0.2, 0.25) is 0 Å². The van der Waals surface area contributed by atoms with Crippen LogP contribution in [0, 0.1) is 11.3 Å². The topological polar surface area (TPSA) is 42.2 Å². The molecule has 3 nitrogen and oxygen atoms in total. The van der Waals surface area contributed by atoms with E-state index in [0.717, 1.165) is 23.1 Å². The third kappa shape index (κ3) is 2.37. The molecule has 1 aromatic carbocycles. The molecule has 0 radical (unpaired) electrons. The molecule has 0 unspecified atom stereocenters. The molecule has 1 aliphatic rings. The zero-order chi connectivity index (χ0) is 11.5. The molecule has 0 N–H and O–H groups in total. The van der Waals surface area contributed by atoms with E-state index in [1.165, 1.54) is 0 Å². The predicted octanol–water partition coefficient (Wildman–Crippen LogP) is 2.88. The van der Waals surface area contributed by atoms with Crippen LogP contribution in [-0.4, -0.2) is 19.3 Å². The molecule has 1 aromatic rings. The van der Waals surface area contributed by atoms with E-state index >= 15 is 0 Å². The van der Waals surface area contributed by atoms with Gasteiger partial charge in [-0.15, -0.1) is 0 Å². The number of hydrogen-bond acceptors (Lipinski definition) is 3. The number of nitrogens with zero attached hydrogens (tertiary/aromatic N) is 1. The molecule has 0 atom stereocenters. The first-order valence-electron chi connectivity index (χ1n) is 5.12. The second-order valence-corrected chi connectivity index (χ2v) is 4.68. The van der Waals surface area contributed by atoms with Crippen molar-refractivity contribution in [3.05, 3.63) is 28.2 Å². The largest absolute Gasteiger partial charge is 0.490 e. The number of benzene rings is 1. The Hall–Kier alpha value is -1.05. The average molecular weight is 282 g/mol. The number of rotatable bonds is 3. The molecule has 84 valence electrons. The first-order chi connectivity index (χ1) is 7.72. The number of hydrogen-bond donors (Lipinski definition) is 0. The maximum Gasteiger partial charge on any atom is 0.120 e. The molecule has 16 heavy (non-hydrogen) atoms. The summed E-state index contributed by atoms with van der Waals surface area (Å²) in [7, 11) is 1.72. The van der Waals surface area contributed by atoms with Crippen LogP contribution in [0.25, 0.3) is 0 Å². The fourth-order valence-electron chi connectivity index (χ4n) is 1.66. The monoisotopic (exact) mass is 281 g/mol. The molecule has 1 fully saturated rings. The molecule has 1 saturated carbocycles. The lowest BCUT2D eigenvalue weighted by Gasteiger charge is -2.34. The van der Waals surface area contributed by atoms with Gasteiger partial charge in [-0.1, -0.05) is 0 Å². The normalized spacial score (nSPS) is 23.3. The Kier molecular flexibility index (Phi) is 3.47. The molecule has 0 spiro atoms. The van der Waals surface area contributed by atoms with E-state index in [1.54, 1.807) is 13.2 Å². The summed E-state index contributed by atoms with van der Waals surface area (Å²) < 4.78 is 11.7. The van der Waals surface area contributed by atoms with Gasteiger partial charge < -0.3 is 9.47 Å². The third-order valence-electron chi connectivity index (χ3n) is 2.75. The third-order valence-corrected chi connectivity index (χ3v) is 3.40. The van der Waals surface area contributed by atoms with Crippen molar-refractivity contribution in [2.24, 2.45) is 0 Å². The summed E-state index contributed by atoms with van der Waals surface area (Å²) >= 11 is 3.34. The summed E-state index contributed by atoms with van der Waals surface area (Å²) in [6.07, 6.45) is 2.46. The fourth-order valence-corrected chi connectivity index (χ4v) is 2.10. The molecule has 1 aliphatic carbocycles. The van der Waals surface area contributed by atoms with Gasteiger partial charge in [-0.2, -0.15) is 5.26 Å². The van der Waals surface area contributed by atoms with E-state index < -0.39 is 0 Å². The minimum atomic E-state index is 0.241. The number of ether oxygens (including phenoxy) is 2. The van der Waals surface area contributed by atoms with Gasteiger partial charge in [-0.05, 0) is 34.1 Å². The van der Waals surface area contributed by atoms with Crippen molar-refractivity contribution in [2.45, 2.75) is 25.0 Å². The standard InChI is InChI=1S/C12H12BrNO2/c1-15-10-4-11(5-10)16-9-3-2-8(7-14)12(13)6-9/h2-3,6,10-11H,4-5H2,1H3. The molecule has 0 bridgehead atoms. The van der Waals surface area contributed by atoms with Crippen LogP contribution in [0.5, 0.6) is 5.75 Å². The first kappa shape index (κ1) is 11.4. The molecular weight excluding hydrogens is 270 g/mol. The first-order valence-corrected chi connectivity index (χ1v) is 5.91. The SMILES string of the molecule is COC1CC(Oc2ccc(C#N)c(Br)c2)C1. The van der Waals surface area contributed by atoms with Gasteiger partial charge in [0.15, 0.2) is 0 Å². The summed E-state index contributed by atoms with van der Waals surface area (Å²) in [6.45, 7) is 0. The summed E-state index contributed by atoms with van der Waals surface area (Å²) in [4.78, 5) is 0. The van der Waals surface area contributed by atoms with Crippen LogP contribution in [-0.2, 0) is 4.74 Å². The highest BCUT2D eigenvalue weighted by Crippen LogP contribution is 2.29. The minimum absolute atomic E-state index is 0.241. The molecular formula is C12H12BrNO2. The highest BCUT2D eigenvalue weighted by molar-refractivity contribution is 9.10. The Bertz CT molecular complexity index is 422. The second kappa shape index (κ2) is 4.86. The summed E-state index contributed by atoms with van der Waals surface area (Å²) in [5, 5.41) is 8.78. The van der Waals surface area contributed by atoms with Gasteiger partial charge in [-0.3, -0.25) is 0 Å². The van der Waals surface area contributed by atoms with E-state index in [2.05, 4.69) is 22.0 Å². The van der Waals surface area contributed by atoms with Crippen molar-refractivity contribution in [1.82, 2.24) is 0 Å². The van der Waals surface area contributed by atoms with E-state index in [9.17, 15) is 0 Å². The van der Waals surface area contributed by atoms with E-state index in [-0.39, 0.29) is 6.10 Å². The summed E-state index contributed by atoms with van der Waals surface area (Å²) in [5.41, 5.74) is 0.621. The summed E-state index contributed by atoms with van der Waals surface area (Å²) in [6, 6.07) is 7.51.